The Kier molecular flexibility index (Phi) is 7.03. The number of hydrogen-bond donors (Lipinski definition) is 0. The Hall–Kier alpha value is -3.08. The predicted octanol–water partition coefficient (Wildman–Crippen LogP) is 5.68. The molecule has 1 heterocycles. The number of ether oxygens (including phenoxy) is 2. The summed E-state index contributed by atoms with van der Waals surface area (Å²) in [4.78, 5) is 2.39. The Balaban J connectivity index is 1.45. The Morgan fingerprint density at radius 1 is 0.871 bits per heavy atom. The van der Waals surface area contributed by atoms with Crippen LogP contribution in [0.25, 0.3) is 16.6 Å². The molecule has 0 aliphatic carbocycles. The number of rotatable bonds is 10. The molecule has 0 saturated heterocycles. The quantitative estimate of drug-likeness (QED) is 0.334. The number of likely N-dealkylation sites (N-methyl/N-ethyl adjacent to an activating group) is 1. The molecule has 160 valence electrons. The van der Waals surface area contributed by atoms with Gasteiger partial charge in [0.2, 0.25) is 0 Å². The fourth-order valence-electron chi connectivity index (χ4n) is 3.77. The fourth-order valence-corrected chi connectivity index (χ4v) is 3.77. The van der Waals surface area contributed by atoms with E-state index in [-0.39, 0.29) is 0 Å². The Labute approximate surface area is 184 Å². The van der Waals surface area contributed by atoms with Crippen LogP contribution in [0, 0.1) is 0 Å². The Morgan fingerprint density at radius 2 is 1.68 bits per heavy atom. The van der Waals surface area contributed by atoms with Gasteiger partial charge in [-0.05, 0) is 54.1 Å². The second-order valence-electron chi connectivity index (χ2n) is 7.71. The van der Waals surface area contributed by atoms with Crippen molar-refractivity contribution < 1.29 is 9.47 Å². The van der Waals surface area contributed by atoms with Gasteiger partial charge in [0.05, 0.1) is 12.1 Å². The van der Waals surface area contributed by atoms with Crippen LogP contribution in [0.1, 0.15) is 18.1 Å². The van der Waals surface area contributed by atoms with Crippen LogP contribution in [0.4, 0.5) is 0 Å². The van der Waals surface area contributed by atoms with Crippen molar-refractivity contribution in [2.75, 3.05) is 26.8 Å². The van der Waals surface area contributed by atoms with Crippen LogP contribution in [0.2, 0.25) is 0 Å². The van der Waals surface area contributed by atoms with Crippen molar-refractivity contribution in [3.63, 3.8) is 0 Å². The van der Waals surface area contributed by atoms with E-state index in [2.05, 4.69) is 77.2 Å². The average molecular weight is 415 g/mol. The molecule has 0 aliphatic heterocycles. The molecule has 31 heavy (non-hydrogen) atoms. The van der Waals surface area contributed by atoms with Gasteiger partial charge >= 0.3 is 0 Å². The fraction of sp³-hybridized carbons (Fsp3) is 0.259. The summed E-state index contributed by atoms with van der Waals surface area (Å²) in [6, 6.07) is 27.5. The largest absolute Gasteiger partial charge is 0.489 e. The molecule has 0 N–H and O–H groups in total. The van der Waals surface area contributed by atoms with E-state index in [4.69, 9.17) is 9.47 Å². The number of fused-ring (bicyclic) bond motifs is 1. The summed E-state index contributed by atoms with van der Waals surface area (Å²) in [6.07, 6.45) is 2.12. The van der Waals surface area contributed by atoms with Crippen LogP contribution in [0.5, 0.6) is 5.75 Å². The zero-order valence-corrected chi connectivity index (χ0v) is 18.3. The first kappa shape index (κ1) is 21.2. The maximum atomic E-state index is 5.98. The number of nitrogens with zero attached hydrogens (tertiary/aromatic N) is 2. The van der Waals surface area contributed by atoms with E-state index >= 15 is 0 Å². The summed E-state index contributed by atoms with van der Waals surface area (Å²) < 4.78 is 13.4. The van der Waals surface area contributed by atoms with Gasteiger partial charge in [-0.25, -0.2) is 0 Å². The monoisotopic (exact) mass is 414 g/mol. The standard InChI is InChI=1S/C27H30N2O2/c1-3-28(17-18-30-2)20-22-9-11-25(12-10-22)29-16-15-24-19-26(13-14-27(24)29)31-21-23-7-5-4-6-8-23/h4-16,19H,3,17-18,20-21H2,1-2H3. The van der Waals surface area contributed by atoms with E-state index in [1.807, 2.05) is 24.3 Å². The van der Waals surface area contributed by atoms with Crippen molar-refractivity contribution in [2.24, 2.45) is 0 Å². The lowest BCUT2D eigenvalue weighted by molar-refractivity contribution is 0.147. The molecule has 0 fully saturated rings. The maximum Gasteiger partial charge on any atom is 0.120 e. The molecule has 4 aromatic rings. The zero-order valence-electron chi connectivity index (χ0n) is 18.3. The van der Waals surface area contributed by atoms with Gasteiger partial charge in [-0.2, -0.15) is 0 Å². The van der Waals surface area contributed by atoms with Crippen LogP contribution < -0.4 is 4.74 Å². The molecule has 4 heteroatoms. The Bertz CT molecular complexity index is 1090. The van der Waals surface area contributed by atoms with Crippen LogP contribution in [0.15, 0.2) is 85.1 Å². The summed E-state index contributed by atoms with van der Waals surface area (Å²) in [5, 5.41) is 1.17. The zero-order chi connectivity index (χ0) is 21.5. The smallest absolute Gasteiger partial charge is 0.120 e. The Morgan fingerprint density at radius 3 is 2.42 bits per heavy atom. The molecule has 0 radical (unpaired) electrons. The van der Waals surface area contributed by atoms with Gasteiger partial charge in [-0.1, -0.05) is 49.4 Å². The lowest BCUT2D eigenvalue weighted by atomic mass is 10.2. The molecule has 0 unspecified atom stereocenters. The van der Waals surface area contributed by atoms with Crippen LogP contribution >= 0.6 is 0 Å². The molecule has 0 spiro atoms. The number of benzene rings is 3. The maximum absolute atomic E-state index is 5.98. The first-order valence-electron chi connectivity index (χ1n) is 10.9. The molecular formula is C27H30N2O2. The van der Waals surface area contributed by atoms with E-state index < -0.39 is 0 Å². The van der Waals surface area contributed by atoms with Gasteiger partial charge in [0, 0.05) is 37.5 Å². The van der Waals surface area contributed by atoms with Crippen molar-refractivity contribution in [3.8, 4) is 11.4 Å². The van der Waals surface area contributed by atoms with Crippen molar-refractivity contribution in [2.45, 2.75) is 20.1 Å². The van der Waals surface area contributed by atoms with E-state index in [1.54, 1.807) is 7.11 Å². The van der Waals surface area contributed by atoms with Crippen LogP contribution in [0.3, 0.4) is 0 Å². The molecule has 0 aliphatic rings. The van der Waals surface area contributed by atoms with Gasteiger partial charge in [-0.15, -0.1) is 0 Å². The molecule has 4 rings (SSSR count). The van der Waals surface area contributed by atoms with E-state index in [0.29, 0.717) is 6.61 Å². The minimum Gasteiger partial charge on any atom is -0.489 e. The third-order valence-electron chi connectivity index (χ3n) is 5.59. The summed E-state index contributed by atoms with van der Waals surface area (Å²) in [7, 11) is 1.75. The second kappa shape index (κ2) is 10.3. The highest BCUT2D eigenvalue weighted by Gasteiger charge is 2.07. The average Bonchev–Trinajstić information content (AvgIpc) is 3.25. The summed E-state index contributed by atoms with van der Waals surface area (Å²) in [5.41, 5.74) is 4.82. The van der Waals surface area contributed by atoms with Gasteiger partial charge in [-0.3, -0.25) is 4.90 Å². The highest BCUT2D eigenvalue weighted by molar-refractivity contribution is 5.83. The highest BCUT2D eigenvalue weighted by Crippen LogP contribution is 2.25. The minimum atomic E-state index is 0.577. The second-order valence-corrected chi connectivity index (χ2v) is 7.71. The van der Waals surface area contributed by atoms with Crippen molar-refractivity contribution >= 4 is 10.9 Å². The van der Waals surface area contributed by atoms with Crippen molar-refractivity contribution in [1.82, 2.24) is 9.47 Å². The number of hydrogen-bond acceptors (Lipinski definition) is 3. The molecule has 4 nitrogen and oxygen atoms in total. The van der Waals surface area contributed by atoms with Crippen molar-refractivity contribution in [1.29, 1.82) is 0 Å². The molecule has 1 aromatic heterocycles. The summed E-state index contributed by atoms with van der Waals surface area (Å²) in [6.45, 7) is 6.43. The van der Waals surface area contributed by atoms with Gasteiger partial charge in [0.25, 0.3) is 0 Å². The molecule has 0 amide bonds. The van der Waals surface area contributed by atoms with E-state index in [9.17, 15) is 0 Å². The first-order valence-corrected chi connectivity index (χ1v) is 10.9. The van der Waals surface area contributed by atoms with Crippen LogP contribution in [-0.2, 0) is 17.9 Å². The molecule has 0 atom stereocenters. The molecule has 0 bridgehead atoms. The van der Waals surface area contributed by atoms with Crippen LogP contribution in [-0.4, -0.2) is 36.3 Å². The van der Waals surface area contributed by atoms with Gasteiger partial charge in [0.15, 0.2) is 0 Å². The lowest BCUT2D eigenvalue weighted by Crippen LogP contribution is -2.26. The topological polar surface area (TPSA) is 26.6 Å². The van der Waals surface area contributed by atoms with Gasteiger partial charge in [0.1, 0.15) is 12.4 Å². The molecule has 3 aromatic carbocycles. The third-order valence-corrected chi connectivity index (χ3v) is 5.59. The molecular weight excluding hydrogens is 384 g/mol. The third kappa shape index (κ3) is 5.35. The van der Waals surface area contributed by atoms with E-state index in [0.717, 1.165) is 37.7 Å². The van der Waals surface area contributed by atoms with E-state index in [1.165, 1.54) is 22.0 Å². The summed E-state index contributed by atoms with van der Waals surface area (Å²) >= 11 is 0. The lowest BCUT2D eigenvalue weighted by Gasteiger charge is -2.20. The number of methoxy groups -OCH3 is 1. The normalized spacial score (nSPS) is 11.3. The highest BCUT2D eigenvalue weighted by atomic mass is 16.5. The van der Waals surface area contributed by atoms with Crippen molar-refractivity contribution in [3.05, 3.63) is 96.2 Å². The number of aromatic nitrogens is 1. The summed E-state index contributed by atoms with van der Waals surface area (Å²) in [5.74, 6) is 0.889. The molecule has 0 saturated carbocycles. The minimum absolute atomic E-state index is 0.577. The van der Waals surface area contributed by atoms with Gasteiger partial charge < -0.3 is 14.0 Å². The predicted molar refractivity (Wildman–Crippen MR) is 127 cm³/mol. The SMILES string of the molecule is CCN(CCOC)Cc1ccc(-n2ccc3cc(OCc4ccccc4)ccc32)cc1. The first-order chi connectivity index (χ1) is 15.3.